The van der Waals surface area contributed by atoms with E-state index in [1.165, 1.54) is 22.8 Å². The van der Waals surface area contributed by atoms with Crippen LogP contribution in [0, 0.1) is 12.8 Å². The van der Waals surface area contributed by atoms with E-state index in [1.807, 2.05) is 6.92 Å². The summed E-state index contributed by atoms with van der Waals surface area (Å²) in [5.74, 6) is -0.582. The lowest BCUT2D eigenvalue weighted by atomic mass is 9.93. The maximum atomic E-state index is 13.0. The Balaban J connectivity index is 1.52. The fourth-order valence-corrected chi connectivity index (χ4v) is 4.87. The van der Waals surface area contributed by atoms with Crippen molar-refractivity contribution in [3.8, 4) is 5.75 Å². The molecule has 0 N–H and O–H groups in total. The van der Waals surface area contributed by atoms with Gasteiger partial charge in [0.2, 0.25) is 0 Å². The zero-order valence-electron chi connectivity index (χ0n) is 15.4. The van der Waals surface area contributed by atoms with Crippen LogP contribution in [0.4, 0.5) is 0 Å². The van der Waals surface area contributed by atoms with Crippen molar-refractivity contribution in [2.24, 2.45) is 5.92 Å². The minimum Gasteiger partial charge on any atom is -0.421 e. The Morgan fingerprint density at radius 2 is 1.93 bits per heavy atom. The second kappa shape index (κ2) is 7.50. The van der Waals surface area contributed by atoms with E-state index in [0.29, 0.717) is 10.6 Å². The number of carbonyl (C=O) groups is 1. The first-order valence-electron chi connectivity index (χ1n) is 8.86. The normalized spacial score (nSPS) is 20.3. The number of pyridine rings is 1. The number of halogens is 1. The summed E-state index contributed by atoms with van der Waals surface area (Å²) in [5, 5.41) is 0.360. The second-order valence-corrected chi connectivity index (χ2v) is 9.05. The van der Waals surface area contributed by atoms with Gasteiger partial charge in [0.15, 0.2) is 5.75 Å². The highest BCUT2D eigenvalue weighted by molar-refractivity contribution is 7.89. The average molecular weight is 429 g/mol. The molecule has 2 unspecified atom stereocenters. The Morgan fingerprint density at radius 3 is 2.66 bits per heavy atom. The van der Waals surface area contributed by atoms with Gasteiger partial charge in [0.25, 0.3) is 10.0 Å². The Hall–Kier alpha value is -2.90. The molecular formula is C21H17ClN2O4S. The van der Waals surface area contributed by atoms with Gasteiger partial charge in [0.05, 0.1) is 27.7 Å². The van der Waals surface area contributed by atoms with Gasteiger partial charge in [0.1, 0.15) is 0 Å². The fourth-order valence-electron chi connectivity index (χ4n) is 3.22. The number of rotatable bonds is 4. The maximum absolute atomic E-state index is 13.0. The number of hydrogen-bond donors (Lipinski definition) is 0. The van der Waals surface area contributed by atoms with Gasteiger partial charge in [-0.2, -0.15) is 0 Å². The number of sulfonamides is 1. The fraction of sp³-hybridized carbons (Fsp3) is 0.143. The molecule has 0 bridgehead atoms. The molecule has 8 heteroatoms. The summed E-state index contributed by atoms with van der Waals surface area (Å²) in [7, 11) is -3.69. The van der Waals surface area contributed by atoms with Crippen molar-refractivity contribution in [2.45, 2.75) is 17.9 Å². The molecule has 1 aromatic carbocycles. The number of benzene rings is 1. The molecule has 0 radical (unpaired) electrons. The van der Waals surface area contributed by atoms with Crippen LogP contribution in [0.3, 0.4) is 0 Å². The van der Waals surface area contributed by atoms with E-state index in [-0.39, 0.29) is 16.6 Å². The van der Waals surface area contributed by atoms with Gasteiger partial charge in [-0.15, -0.1) is 0 Å². The SMILES string of the molecule is Cc1ccc(S(=O)(=O)N2C=CC3C=C(C(=O)Oc4cncc(Cl)c4)C=CC32)cc1. The molecule has 0 saturated carbocycles. The highest BCUT2D eigenvalue weighted by Gasteiger charge is 2.37. The topological polar surface area (TPSA) is 76.6 Å². The lowest BCUT2D eigenvalue weighted by Crippen LogP contribution is -2.36. The van der Waals surface area contributed by atoms with Crippen LogP contribution >= 0.6 is 11.6 Å². The Bertz CT molecular complexity index is 1150. The molecule has 0 spiro atoms. The molecule has 29 heavy (non-hydrogen) atoms. The predicted molar refractivity (Wildman–Crippen MR) is 109 cm³/mol. The highest BCUT2D eigenvalue weighted by Crippen LogP contribution is 2.33. The summed E-state index contributed by atoms with van der Waals surface area (Å²) >= 11 is 5.85. The summed E-state index contributed by atoms with van der Waals surface area (Å²) < 4.78 is 32.6. The summed E-state index contributed by atoms with van der Waals surface area (Å²) in [6.45, 7) is 1.90. The molecule has 2 aliphatic rings. The van der Waals surface area contributed by atoms with Gasteiger partial charge in [-0.1, -0.05) is 47.5 Å². The van der Waals surface area contributed by atoms with Gasteiger partial charge in [-0.3, -0.25) is 9.29 Å². The summed E-state index contributed by atoms with van der Waals surface area (Å²) in [4.78, 5) is 16.5. The molecule has 2 atom stereocenters. The molecule has 4 rings (SSSR count). The van der Waals surface area contributed by atoms with E-state index in [1.54, 1.807) is 54.8 Å². The van der Waals surface area contributed by atoms with Crippen LogP contribution < -0.4 is 4.74 Å². The lowest BCUT2D eigenvalue weighted by Gasteiger charge is -2.27. The number of hydrogen-bond acceptors (Lipinski definition) is 5. The van der Waals surface area contributed by atoms with Crippen molar-refractivity contribution >= 4 is 27.6 Å². The van der Waals surface area contributed by atoms with E-state index in [4.69, 9.17) is 16.3 Å². The highest BCUT2D eigenvalue weighted by atomic mass is 35.5. The molecule has 0 amide bonds. The summed E-state index contributed by atoms with van der Waals surface area (Å²) in [6.07, 6.45) is 11.1. The minimum absolute atomic E-state index is 0.226. The van der Waals surface area contributed by atoms with Gasteiger partial charge >= 0.3 is 5.97 Å². The van der Waals surface area contributed by atoms with Gasteiger partial charge in [0, 0.05) is 24.4 Å². The standard InChI is InChI=1S/C21H17ClN2O4S/c1-14-2-5-19(6-3-14)29(26,27)24-9-8-15-10-16(4-7-20(15)24)21(25)28-18-11-17(22)12-23-13-18/h2-13,15,20H,1H3. The van der Waals surface area contributed by atoms with E-state index in [2.05, 4.69) is 4.98 Å². The zero-order chi connectivity index (χ0) is 20.6. The van der Waals surface area contributed by atoms with Crippen molar-refractivity contribution in [3.05, 3.63) is 89.4 Å². The second-order valence-electron chi connectivity index (χ2n) is 6.77. The van der Waals surface area contributed by atoms with Crippen molar-refractivity contribution in [1.82, 2.24) is 9.29 Å². The van der Waals surface area contributed by atoms with Gasteiger partial charge in [-0.25, -0.2) is 13.2 Å². The van der Waals surface area contributed by atoms with Crippen LogP contribution in [-0.2, 0) is 14.8 Å². The number of fused-ring (bicyclic) bond motifs is 1. The zero-order valence-corrected chi connectivity index (χ0v) is 17.0. The monoisotopic (exact) mass is 428 g/mol. The van der Waals surface area contributed by atoms with Crippen molar-refractivity contribution in [1.29, 1.82) is 0 Å². The van der Waals surface area contributed by atoms with Crippen LogP contribution in [0.15, 0.2) is 83.7 Å². The molecule has 148 valence electrons. The molecule has 1 aliphatic carbocycles. The van der Waals surface area contributed by atoms with E-state index in [9.17, 15) is 13.2 Å². The third-order valence-electron chi connectivity index (χ3n) is 4.71. The molecule has 2 heterocycles. The van der Waals surface area contributed by atoms with Crippen LogP contribution in [0.1, 0.15) is 5.56 Å². The van der Waals surface area contributed by atoms with Crippen LogP contribution in [0.5, 0.6) is 5.75 Å². The quantitative estimate of drug-likeness (QED) is 0.695. The van der Waals surface area contributed by atoms with Crippen LogP contribution in [0.25, 0.3) is 0 Å². The third kappa shape index (κ3) is 3.83. The van der Waals surface area contributed by atoms with Crippen molar-refractivity contribution < 1.29 is 17.9 Å². The third-order valence-corrected chi connectivity index (χ3v) is 6.71. The number of aryl methyl sites for hydroxylation is 1. The largest absolute Gasteiger partial charge is 0.421 e. The van der Waals surface area contributed by atoms with E-state index < -0.39 is 22.0 Å². The first kappa shape index (κ1) is 19.4. The molecule has 6 nitrogen and oxygen atoms in total. The summed E-state index contributed by atoms with van der Waals surface area (Å²) in [6, 6.07) is 7.78. The molecule has 1 aliphatic heterocycles. The van der Waals surface area contributed by atoms with Crippen LogP contribution in [-0.4, -0.2) is 29.7 Å². The Kier molecular flexibility index (Phi) is 5.02. The Labute approximate surface area is 173 Å². The first-order valence-corrected chi connectivity index (χ1v) is 10.7. The Morgan fingerprint density at radius 1 is 1.17 bits per heavy atom. The molecule has 2 aromatic rings. The van der Waals surface area contributed by atoms with Crippen LogP contribution in [0.2, 0.25) is 5.02 Å². The number of esters is 1. The molecule has 0 saturated heterocycles. The molecular weight excluding hydrogens is 412 g/mol. The van der Waals surface area contributed by atoms with Crippen molar-refractivity contribution in [2.75, 3.05) is 0 Å². The van der Waals surface area contributed by atoms with E-state index >= 15 is 0 Å². The van der Waals surface area contributed by atoms with Crippen molar-refractivity contribution in [3.63, 3.8) is 0 Å². The first-order chi connectivity index (χ1) is 13.8. The number of carbonyl (C=O) groups excluding carboxylic acids is 1. The molecule has 1 aromatic heterocycles. The minimum atomic E-state index is -3.69. The smallest absolute Gasteiger partial charge is 0.343 e. The maximum Gasteiger partial charge on any atom is 0.343 e. The molecule has 0 fully saturated rings. The van der Waals surface area contributed by atoms with Gasteiger partial charge < -0.3 is 4.74 Å². The number of ether oxygens (including phenoxy) is 1. The number of nitrogens with zero attached hydrogens (tertiary/aromatic N) is 2. The predicted octanol–water partition coefficient (Wildman–Crippen LogP) is 3.65. The average Bonchev–Trinajstić information content (AvgIpc) is 3.12. The van der Waals surface area contributed by atoms with Gasteiger partial charge in [-0.05, 0) is 25.1 Å². The lowest BCUT2D eigenvalue weighted by molar-refractivity contribution is -0.129. The summed E-state index contributed by atoms with van der Waals surface area (Å²) in [5.41, 5.74) is 1.32. The number of aromatic nitrogens is 1. The van der Waals surface area contributed by atoms with E-state index in [0.717, 1.165) is 5.56 Å².